The summed E-state index contributed by atoms with van der Waals surface area (Å²) in [6.07, 6.45) is 0. The van der Waals surface area contributed by atoms with Crippen molar-refractivity contribution in [3.05, 3.63) is 0 Å². The molecule has 0 amide bonds. The predicted octanol–water partition coefficient (Wildman–Crippen LogP) is -8.90. The van der Waals surface area contributed by atoms with Gasteiger partial charge < -0.3 is 63.5 Å². The highest BCUT2D eigenvalue weighted by Crippen LogP contribution is 2.04. The van der Waals surface area contributed by atoms with Gasteiger partial charge in [-0.3, -0.25) is 0 Å². The molecule has 110 valence electrons. The van der Waals surface area contributed by atoms with Crippen LogP contribution in [0.4, 0.5) is 0 Å². The Kier molecular flexibility index (Phi) is 17.4. The Morgan fingerprint density at radius 1 is 0.529 bits per heavy atom. The van der Waals surface area contributed by atoms with Gasteiger partial charge in [-0.2, -0.15) is 23.5 Å². The summed E-state index contributed by atoms with van der Waals surface area (Å²) in [5, 5.41) is 0. The van der Waals surface area contributed by atoms with Crippen molar-refractivity contribution in [2.24, 2.45) is 5.73 Å². The lowest BCUT2D eigenvalue weighted by Gasteiger charge is -2.36. The van der Waals surface area contributed by atoms with E-state index in [2.05, 4.69) is 5.73 Å². The molecule has 0 radical (unpaired) electrons. The minimum absolute atomic E-state index is 1.50. The Morgan fingerprint density at radius 2 is 0.529 bits per heavy atom. The average molecular weight is 316 g/mol. The van der Waals surface area contributed by atoms with Crippen LogP contribution in [0.2, 0.25) is 0 Å². The normalized spacial score (nSPS) is 10.8. The zero-order chi connectivity index (χ0) is 15.5. The van der Waals surface area contributed by atoms with Gasteiger partial charge in [0.15, 0.2) is 0 Å². The minimum Gasteiger partial charge on any atom is -0.822 e. The summed E-state index contributed by atoms with van der Waals surface area (Å²) in [7, 11) is -14.7. The van der Waals surface area contributed by atoms with Crippen LogP contribution in [0.1, 0.15) is 0 Å². The Morgan fingerprint density at radius 3 is 0.529 bits per heavy atom. The molecule has 2 N–H and O–H groups in total. The Hall–Kier alpha value is 0.290. The summed E-state index contributed by atoms with van der Waals surface area (Å²) in [4.78, 5) is 76.9. The van der Waals surface area contributed by atoms with Gasteiger partial charge in [0.25, 0.3) is 0 Å². The van der Waals surface area contributed by atoms with E-state index in [0.29, 0.717) is 0 Å². The van der Waals surface area contributed by atoms with Crippen LogP contribution in [0.15, 0.2) is 0 Å². The van der Waals surface area contributed by atoms with Gasteiger partial charge in [-0.1, -0.05) is 0 Å². The van der Waals surface area contributed by atoms with Crippen molar-refractivity contribution >= 4 is 23.5 Å². The number of phosphoric acid groups is 3. The molecule has 0 heterocycles. The molecule has 16 heteroatoms. The molecule has 0 saturated carbocycles. The lowest BCUT2D eigenvalue weighted by Crippen LogP contribution is -2.24. The van der Waals surface area contributed by atoms with Crippen LogP contribution in [0.25, 0.3) is 0 Å². The van der Waals surface area contributed by atoms with Gasteiger partial charge >= 0.3 is 0 Å². The van der Waals surface area contributed by atoms with Crippen LogP contribution >= 0.6 is 23.5 Å². The van der Waals surface area contributed by atoms with Crippen molar-refractivity contribution < 1.29 is 57.7 Å². The first-order valence-corrected chi connectivity index (χ1v) is 7.15. The monoisotopic (exact) mass is 316 g/mol. The first-order chi connectivity index (χ1) is 7.00. The molecule has 0 atom stereocenters. The molecule has 0 aliphatic heterocycles. The van der Waals surface area contributed by atoms with E-state index >= 15 is 0 Å². The lowest BCUT2D eigenvalue weighted by atomic mass is 11.6. The maximum atomic E-state index is 8.55. The molecule has 0 aromatic rings. The topological polar surface area (TPSA) is 285 Å². The summed E-state index contributed by atoms with van der Waals surface area (Å²) < 4.78 is 25.6. The summed E-state index contributed by atoms with van der Waals surface area (Å²) in [5.41, 5.74) is 4.50. The third-order valence-electron chi connectivity index (χ3n) is 0. The number of hydrogen-bond donors (Lipinski definition) is 1. The molecular weight excluding hydrogens is 311 g/mol. The van der Waals surface area contributed by atoms with Crippen molar-refractivity contribution in [3.8, 4) is 0 Å². The largest absolute Gasteiger partial charge is 0.822 e. The van der Waals surface area contributed by atoms with Crippen LogP contribution in [0.3, 0.4) is 0 Å². The predicted molar refractivity (Wildman–Crippen MR) is 32.9 cm³/mol. The van der Waals surface area contributed by atoms with Crippen molar-refractivity contribution in [2.75, 3.05) is 7.05 Å². The minimum atomic E-state index is -5.39. The highest BCUT2D eigenvalue weighted by Gasteiger charge is 1.45. The molecule has 0 saturated heterocycles. The highest BCUT2D eigenvalue weighted by atomic mass is 31.2. The third kappa shape index (κ3) is 39600. The van der Waals surface area contributed by atoms with Crippen LogP contribution < -0.4 is 49.8 Å². The SMILES string of the molecule is CN.O=P([O-])([O-])[O-].O=P([O-])([O-])[O-].O=P([O-])([O-])[O-]. The zero-order valence-electron chi connectivity index (χ0n) is 7.82. The van der Waals surface area contributed by atoms with Crippen LogP contribution in [0.5, 0.6) is 0 Å². The third-order valence-corrected chi connectivity index (χ3v) is 0. The van der Waals surface area contributed by atoms with Gasteiger partial charge in [-0.25, -0.2) is 0 Å². The first-order valence-electron chi connectivity index (χ1n) is 2.77. The van der Waals surface area contributed by atoms with Crippen molar-refractivity contribution in [1.82, 2.24) is 0 Å². The fourth-order valence-corrected chi connectivity index (χ4v) is 0. The molecule has 0 aliphatic rings. The molecule has 0 unspecified atom stereocenters. The van der Waals surface area contributed by atoms with Crippen LogP contribution in [-0.4, -0.2) is 7.05 Å². The maximum Gasteiger partial charge on any atom is -0.0195 e. The van der Waals surface area contributed by atoms with Crippen molar-refractivity contribution in [3.63, 3.8) is 0 Å². The van der Waals surface area contributed by atoms with E-state index in [9.17, 15) is 0 Å². The summed E-state index contributed by atoms with van der Waals surface area (Å²) in [6, 6.07) is 0. The van der Waals surface area contributed by atoms with E-state index in [1.54, 1.807) is 0 Å². The van der Waals surface area contributed by atoms with Crippen molar-refractivity contribution in [1.29, 1.82) is 0 Å². The van der Waals surface area contributed by atoms with E-state index in [4.69, 9.17) is 57.7 Å². The van der Waals surface area contributed by atoms with Gasteiger partial charge in [0.2, 0.25) is 0 Å². The molecule has 13 nitrogen and oxygen atoms in total. The first kappa shape index (κ1) is 26.0. The van der Waals surface area contributed by atoms with Crippen LogP contribution in [-0.2, 0) is 13.7 Å². The molecule has 0 rings (SSSR count). The molecule has 0 aromatic carbocycles. The fourth-order valence-electron chi connectivity index (χ4n) is 0. The molecule has 0 bridgehead atoms. The second-order valence-corrected chi connectivity index (χ2v) is 4.02. The summed E-state index contributed by atoms with van der Waals surface area (Å²) >= 11 is 0. The van der Waals surface area contributed by atoms with E-state index in [1.165, 1.54) is 7.05 Å². The molecular formula is CH5NO12P3-9. The number of nitrogens with two attached hydrogens (primary N) is 1. The maximum absolute atomic E-state index is 8.55. The molecule has 0 aromatic heterocycles. The standard InChI is InChI=1S/CH5N.3H3O4P/c1-2;3*1-5(2,3)4/h2H2,1H3;3*(H3,1,2,3,4)/p-9. The van der Waals surface area contributed by atoms with Crippen LogP contribution in [0, 0.1) is 0 Å². The molecule has 17 heavy (non-hydrogen) atoms. The number of hydrogen-bond acceptors (Lipinski definition) is 13. The van der Waals surface area contributed by atoms with Crippen molar-refractivity contribution in [2.45, 2.75) is 0 Å². The molecule has 0 fully saturated rings. The Balaban J connectivity index is -0.0000000693. The fraction of sp³-hybridized carbons (Fsp3) is 1.00. The van der Waals surface area contributed by atoms with Gasteiger partial charge in [-0.05, 0) is 7.05 Å². The Bertz CT molecular complexity index is 208. The highest BCUT2D eigenvalue weighted by molar-refractivity contribution is 7.40. The van der Waals surface area contributed by atoms with E-state index < -0.39 is 23.5 Å². The van der Waals surface area contributed by atoms with Gasteiger partial charge in [0, 0.05) is 0 Å². The summed E-state index contributed by atoms with van der Waals surface area (Å²) in [6.45, 7) is 0. The molecule has 0 spiro atoms. The smallest absolute Gasteiger partial charge is 0.0195 e. The second kappa shape index (κ2) is 11.4. The quantitative estimate of drug-likeness (QED) is 0.406. The van der Waals surface area contributed by atoms with E-state index in [-0.39, 0.29) is 0 Å². The van der Waals surface area contributed by atoms with E-state index in [0.717, 1.165) is 0 Å². The molecule has 0 aliphatic carbocycles. The lowest BCUT2D eigenvalue weighted by molar-refractivity contribution is -0.434. The van der Waals surface area contributed by atoms with Gasteiger partial charge in [-0.15, -0.1) is 0 Å². The van der Waals surface area contributed by atoms with Gasteiger partial charge in [0.05, 0.1) is 0 Å². The zero-order valence-corrected chi connectivity index (χ0v) is 10.5. The van der Waals surface area contributed by atoms with E-state index in [1.807, 2.05) is 0 Å². The van der Waals surface area contributed by atoms with Gasteiger partial charge in [0.1, 0.15) is 0 Å². The number of rotatable bonds is 0. The average Bonchev–Trinajstić information content (AvgIpc) is 1.77. The second-order valence-electron chi connectivity index (χ2n) is 1.34. The Labute approximate surface area is 94.9 Å². The summed E-state index contributed by atoms with van der Waals surface area (Å²) in [5.74, 6) is 0.